The molecule has 0 saturated carbocycles. The van der Waals surface area contributed by atoms with E-state index in [1.807, 2.05) is 24.3 Å². The Morgan fingerprint density at radius 2 is 2.11 bits per heavy atom. The molecule has 4 nitrogen and oxygen atoms in total. The molecule has 0 aliphatic carbocycles. The van der Waals surface area contributed by atoms with Crippen molar-refractivity contribution in [2.45, 2.75) is 19.5 Å². The zero-order valence-electron chi connectivity index (χ0n) is 10.6. The zero-order valence-corrected chi connectivity index (χ0v) is 10.6. The van der Waals surface area contributed by atoms with E-state index in [4.69, 9.17) is 4.74 Å². The lowest BCUT2D eigenvalue weighted by molar-refractivity contribution is 0.401. The fourth-order valence-electron chi connectivity index (χ4n) is 1.81. The predicted octanol–water partition coefficient (Wildman–Crippen LogP) is 2.34. The quantitative estimate of drug-likeness (QED) is 0.875. The van der Waals surface area contributed by atoms with Crippen LogP contribution in [-0.4, -0.2) is 17.1 Å². The van der Waals surface area contributed by atoms with Crippen molar-refractivity contribution in [1.29, 1.82) is 0 Å². The van der Waals surface area contributed by atoms with E-state index in [-0.39, 0.29) is 6.04 Å². The van der Waals surface area contributed by atoms with Crippen molar-refractivity contribution in [1.82, 2.24) is 15.3 Å². The molecule has 2 rings (SSSR count). The van der Waals surface area contributed by atoms with Crippen molar-refractivity contribution in [2.24, 2.45) is 0 Å². The topological polar surface area (TPSA) is 47.0 Å². The monoisotopic (exact) mass is 243 g/mol. The number of para-hydroxylation sites is 1. The first-order chi connectivity index (χ1) is 8.81. The Hall–Kier alpha value is -1.94. The molecule has 1 heterocycles. The molecule has 0 unspecified atom stereocenters. The summed E-state index contributed by atoms with van der Waals surface area (Å²) in [5.41, 5.74) is 2.13. The number of aromatic nitrogens is 2. The highest BCUT2D eigenvalue weighted by atomic mass is 16.5. The van der Waals surface area contributed by atoms with Crippen LogP contribution in [0, 0.1) is 0 Å². The summed E-state index contributed by atoms with van der Waals surface area (Å²) in [6.45, 7) is 2.82. The van der Waals surface area contributed by atoms with Gasteiger partial charge in [-0.3, -0.25) is 0 Å². The zero-order chi connectivity index (χ0) is 12.8. The second-order valence-corrected chi connectivity index (χ2v) is 4.05. The van der Waals surface area contributed by atoms with Gasteiger partial charge < -0.3 is 10.1 Å². The number of methoxy groups -OCH3 is 1. The highest BCUT2D eigenvalue weighted by molar-refractivity contribution is 5.35. The van der Waals surface area contributed by atoms with Crippen LogP contribution in [0.25, 0.3) is 0 Å². The lowest BCUT2D eigenvalue weighted by Crippen LogP contribution is -2.19. The Kier molecular flexibility index (Phi) is 4.25. The highest BCUT2D eigenvalue weighted by Gasteiger charge is 2.10. The third-order valence-corrected chi connectivity index (χ3v) is 2.84. The number of rotatable bonds is 5. The van der Waals surface area contributed by atoms with Gasteiger partial charge in [0.2, 0.25) is 0 Å². The number of nitrogens with zero attached hydrogens (tertiary/aromatic N) is 2. The van der Waals surface area contributed by atoms with Gasteiger partial charge in [0.05, 0.1) is 12.8 Å². The Balaban J connectivity index is 2.01. The minimum Gasteiger partial charge on any atom is -0.496 e. The average molecular weight is 243 g/mol. The van der Waals surface area contributed by atoms with Gasteiger partial charge in [-0.2, -0.15) is 0 Å². The maximum atomic E-state index is 5.35. The molecule has 4 heteroatoms. The Labute approximate surface area is 107 Å². The van der Waals surface area contributed by atoms with E-state index in [1.54, 1.807) is 19.6 Å². The highest BCUT2D eigenvalue weighted by Crippen LogP contribution is 2.24. The van der Waals surface area contributed by atoms with Crippen molar-refractivity contribution in [3.05, 3.63) is 54.1 Å². The van der Waals surface area contributed by atoms with Gasteiger partial charge in [-0.1, -0.05) is 18.2 Å². The van der Waals surface area contributed by atoms with Gasteiger partial charge in [-0.15, -0.1) is 0 Å². The molecule has 1 aromatic heterocycles. The van der Waals surface area contributed by atoms with E-state index in [0.29, 0.717) is 6.54 Å². The first-order valence-corrected chi connectivity index (χ1v) is 5.92. The minimum atomic E-state index is 0.205. The summed E-state index contributed by atoms with van der Waals surface area (Å²) >= 11 is 0. The third-order valence-electron chi connectivity index (χ3n) is 2.84. The van der Waals surface area contributed by atoms with Gasteiger partial charge in [0.25, 0.3) is 0 Å². The molecule has 18 heavy (non-hydrogen) atoms. The maximum absolute atomic E-state index is 5.35. The molecule has 0 fully saturated rings. The van der Waals surface area contributed by atoms with Crippen molar-refractivity contribution < 1.29 is 4.74 Å². The Bertz CT molecular complexity index is 487. The molecule has 0 radical (unpaired) electrons. The van der Waals surface area contributed by atoms with Gasteiger partial charge in [-0.05, 0) is 19.1 Å². The molecule has 94 valence electrons. The van der Waals surface area contributed by atoms with Crippen LogP contribution in [0.4, 0.5) is 0 Å². The molecule has 1 aromatic carbocycles. The van der Waals surface area contributed by atoms with Crippen molar-refractivity contribution in [3.8, 4) is 5.75 Å². The lowest BCUT2D eigenvalue weighted by Gasteiger charge is -2.16. The number of nitrogens with one attached hydrogen (secondary N) is 1. The maximum Gasteiger partial charge on any atom is 0.123 e. The van der Waals surface area contributed by atoms with Crippen LogP contribution in [0.1, 0.15) is 24.2 Å². The third kappa shape index (κ3) is 3.05. The van der Waals surface area contributed by atoms with Crippen molar-refractivity contribution in [3.63, 3.8) is 0 Å². The van der Waals surface area contributed by atoms with Gasteiger partial charge >= 0.3 is 0 Å². The van der Waals surface area contributed by atoms with E-state index in [9.17, 15) is 0 Å². The van der Waals surface area contributed by atoms with Crippen LogP contribution >= 0.6 is 0 Å². The molecule has 1 N–H and O–H groups in total. The molecule has 0 saturated heterocycles. The van der Waals surface area contributed by atoms with E-state index in [2.05, 4.69) is 28.3 Å². The predicted molar refractivity (Wildman–Crippen MR) is 70.3 cm³/mol. The number of ether oxygens (including phenoxy) is 1. The summed E-state index contributed by atoms with van der Waals surface area (Å²) in [7, 11) is 1.69. The molecule has 0 spiro atoms. The molecule has 1 atom stereocenters. The summed E-state index contributed by atoms with van der Waals surface area (Å²) < 4.78 is 5.35. The van der Waals surface area contributed by atoms with Crippen molar-refractivity contribution in [2.75, 3.05) is 7.11 Å². The first kappa shape index (κ1) is 12.5. The molecule has 0 aliphatic heterocycles. The van der Waals surface area contributed by atoms with Gasteiger partial charge in [0.15, 0.2) is 0 Å². The average Bonchev–Trinajstić information content (AvgIpc) is 2.45. The van der Waals surface area contributed by atoms with Crippen LogP contribution in [-0.2, 0) is 6.54 Å². The standard InChI is InChI=1S/C14H17N3O/c1-11(13-5-3-4-6-14(13)18-2)16-9-12-7-8-15-10-17-12/h3-8,10-11,16H,9H2,1-2H3/t11-/m1/s1. The van der Waals surface area contributed by atoms with E-state index < -0.39 is 0 Å². The number of benzene rings is 1. The van der Waals surface area contributed by atoms with Crippen LogP contribution in [0.2, 0.25) is 0 Å². The number of hydrogen-bond acceptors (Lipinski definition) is 4. The van der Waals surface area contributed by atoms with E-state index >= 15 is 0 Å². The fourth-order valence-corrected chi connectivity index (χ4v) is 1.81. The second kappa shape index (κ2) is 6.12. The van der Waals surface area contributed by atoms with Crippen LogP contribution < -0.4 is 10.1 Å². The summed E-state index contributed by atoms with van der Waals surface area (Å²) in [6, 6.07) is 10.1. The molecule has 0 aliphatic rings. The first-order valence-electron chi connectivity index (χ1n) is 5.92. The lowest BCUT2D eigenvalue weighted by atomic mass is 10.1. The minimum absolute atomic E-state index is 0.205. The molecular formula is C14H17N3O. The second-order valence-electron chi connectivity index (χ2n) is 4.05. The SMILES string of the molecule is COc1ccccc1[C@@H](C)NCc1ccncn1. The summed E-state index contributed by atoms with van der Waals surface area (Å²) in [4.78, 5) is 8.08. The van der Waals surface area contributed by atoms with Crippen LogP contribution in [0.5, 0.6) is 5.75 Å². The largest absolute Gasteiger partial charge is 0.496 e. The normalized spacial score (nSPS) is 12.1. The summed E-state index contributed by atoms with van der Waals surface area (Å²) in [6.07, 6.45) is 3.31. The molecule has 0 amide bonds. The van der Waals surface area contributed by atoms with Gasteiger partial charge in [-0.25, -0.2) is 9.97 Å². The van der Waals surface area contributed by atoms with Crippen LogP contribution in [0.3, 0.4) is 0 Å². The molecule has 0 bridgehead atoms. The fraction of sp³-hybridized carbons (Fsp3) is 0.286. The summed E-state index contributed by atoms with van der Waals surface area (Å²) in [5, 5.41) is 3.42. The molecular weight excluding hydrogens is 226 g/mol. The number of hydrogen-bond donors (Lipinski definition) is 1. The molecule has 2 aromatic rings. The van der Waals surface area contributed by atoms with Gasteiger partial charge in [0, 0.05) is 24.3 Å². The summed E-state index contributed by atoms with van der Waals surface area (Å²) in [5.74, 6) is 0.903. The van der Waals surface area contributed by atoms with Gasteiger partial charge in [0.1, 0.15) is 12.1 Å². The Morgan fingerprint density at radius 3 is 2.83 bits per heavy atom. The smallest absolute Gasteiger partial charge is 0.123 e. The Morgan fingerprint density at radius 1 is 1.28 bits per heavy atom. The van der Waals surface area contributed by atoms with Crippen LogP contribution in [0.15, 0.2) is 42.9 Å². The van der Waals surface area contributed by atoms with Crippen molar-refractivity contribution >= 4 is 0 Å². The van der Waals surface area contributed by atoms with E-state index in [0.717, 1.165) is 17.0 Å². The van der Waals surface area contributed by atoms with E-state index in [1.165, 1.54) is 0 Å².